The van der Waals surface area contributed by atoms with Crippen LogP contribution in [0.3, 0.4) is 0 Å². The summed E-state index contributed by atoms with van der Waals surface area (Å²) in [6.07, 6.45) is 2.19. The Kier molecular flexibility index (Phi) is 12.1. The molecule has 2 aromatic carbocycles. The Labute approximate surface area is 300 Å². The van der Waals surface area contributed by atoms with Crippen molar-refractivity contribution in [2.24, 2.45) is 5.73 Å². The number of halogens is 3. The van der Waals surface area contributed by atoms with Crippen LogP contribution in [0.15, 0.2) is 91.5 Å². The number of aryl methyl sites for hydroxylation is 2. The van der Waals surface area contributed by atoms with E-state index in [9.17, 15) is 27.9 Å². The lowest BCUT2D eigenvalue weighted by Crippen LogP contribution is -2.47. The number of hydrogen-bond donors (Lipinski definition) is 3. The minimum atomic E-state index is -4.41. The number of carbonyl (C=O) groups excluding carboxylic acids is 2. The zero-order chi connectivity index (χ0) is 38.4. The monoisotopic (exact) mass is 710 g/mol. The molecule has 4 aromatic heterocycles. The first-order valence-corrected chi connectivity index (χ1v) is 16.6. The molecule has 9 nitrogen and oxygen atoms in total. The van der Waals surface area contributed by atoms with Gasteiger partial charge in [-0.25, -0.2) is 9.97 Å². The lowest BCUT2D eigenvalue weighted by Gasteiger charge is -2.26. The molecular weight excluding hydrogens is 669 g/mol. The van der Waals surface area contributed by atoms with Crippen LogP contribution in [0.2, 0.25) is 0 Å². The Morgan fingerprint density at radius 2 is 1.25 bits per heavy atom. The average Bonchev–Trinajstić information content (AvgIpc) is 3.11. The maximum atomic E-state index is 12.8. The van der Waals surface area contributed by atoms with Crippen LogP contribution in [0.5, 0.6) is 0 Å². The molecule has 0 aliphatic rings. The highest BCUT2D eigenvalue weighted by Crippen LogP contribution is 2.35. The second-order valence-electron chi connectivity index (χ2n) is 12.5. The molecule has 4 heterocycles. The van der Waals surface area contributed by atoms with E-state index in [1.54, 1.807) is 58.4 Å². The number of amides is 2. The second-order valence-corrected chi connectivity index (χ2v) is 12.5. The summed E-state index contributed by atoms with van der Waals surface area (Å²) in [7, 11) is 0. The van der Waals surface area contributed by atoms with E-state index in [1.165, 1.54) is 18.3 Å². The summed E-state index contributed by atoms with van der Waals surface area (Å²) < 4.78 is 38.5. The number of pyridine rings is 4. The number of carbonyl (C=O) groups is 2. The first-order valence-electron chi connectivity index (χ1n) is 16.6. The van der Waals surface area contributed by atoms with E-state index in [-0.39, 0.29) is 11.6 Å². The van der Waals surface area contributed by atoms with E-state index in [0.717, 1.165) is 39.7 Å². The van der Waals surface area contributed by atoms with Gasteiger partial charge in [0, 0.05) is 46.7 Å². The van der Waals surface area contributed by atoms with Crippen molar-refractivity contribution in [1.82, 2.24) is 25.3 Å². The third-order valence-electron chi connectivity index (χ3n) is 8.37. The van der Waals surface area contributed by atoms with Gasteiger partial charge in [-0.1, -0.05) is 44.2 Å². The van der Waals surface area contributed by atoms with Crippen molar-refractivity contribution < 1.29 is 27.9 Å². The van der Waals surface area contributed by atoms with Crippen LogP contribution in [0.25, 0.3) is 44.1 Å². The van der Waals surface area contributed by atoms with Crippen molar-refractivity contribution >= 4 is 33.6 Å². The van der Waals surface area contributed by atoms with Gasteiger partial charge in [0.2, 0.25) is 0 Å². The minimum absolute atomic E-state index is 0.0829. The SMILES string of the molecule is CC.Cc1cc(C(F)(F)F)ccc1-c1cncc2ccc(C(N)=O)nc12.Cc1ccccc1-c1cncc2ccc(C(=O)NC(C)C(C)(C)O)nc12. The molecule has 270 valence electrons. The zero-order valence-corrected chi connectivity index (χ0v) is 30.0. The van der Waals surface area contributed by atoms with Gasteiger partial charge in [-0.3, -0.25) is 19.6 Å². The molecule has 0 saturated carbocycles. The fourth-order valence-corrected chi connectivity index (χ4v) is 5.21. The van der Waals surface area contributed by atoms with Gasteiger partial charge in [0.15, 0.2) is 0 Å². The number of primary amides is 1. The maximum Gasteiger partial charge on any atom is 0.416 e. The van der Waals surface area contributed by atoms with Crippen molar-refractivity contribution in [1.29, 1.82) is 0 Å². The number of aromatic nitrogens is 4. The number of rotatable bonds is 6. The predicted octanol–water partition coefficient (Wildman–Crippen LogP) is 8.24. The fraction of sp³-hybridized carbons (Fsp3) is 0.250. The van der Waals surface area contributed by atoms with Crippen LogP contribution < -0.4 is 11.1 Å². The minimum Gasteiger partial charge on any atom is -0.388 e. The number of hydrogen-bond acceptors (Lipinski definition) is 7. The highest BCUT2D eigenvalue weighted by Gasteiger charge is 2.31. The molecule has 2 amide bonds. The third kappa shape index (κ3) is 8.93. The number of aliphatic hydroxyl groups is 1. The summed E-state index contributed by atoms with van der Waals surface area (Å²) in [5.74, 6) is -0.988. The van der Waals surface area contributed by atoms with Gasteiger partial charge in [-0.2, -0.15) is 13.2 Å². The molecule has 52 heavy (non-hydrogen) atoms. The van der Waals surface area contributed by atoms with Gasteiger partial charge in [-0.15, -0.1) is 0 Å². The zero-order valence-electron chi connectivity index (χ0n) is 30.0. The number of nitrogens with one attached hydrogen (secondary N) is 1. The summed E-state index contributed by atoms with van der Waals surface area (Å²) in [6.45, 7) is 12.7. The molecule has 4 N–H and O–H groups in total. The van der Waals surface area contributed by atoms with Crippen LogP contribution >= 0.6 is 0 Å². The average molecular weight is 711 g/mol. The molecule has 12 heteroatoms. The molecule has 0 bridgehead atoms. The largest absolute Gasteiger partial charge is 0.416 e. The normalized spacial score (nSPS) is 11.9. The van der Waals surface area contributed by atoms with Gasteiger partial charge in [0.25, 0.3) is 11.8 Å². The Morgan fingerprint density at radius 3 is 1.75 bits per heavy atom. The molecule has 0 fully saturated rings. The summed E-state index contributed by atoms with van der Waals surface area (Å²) in [5, 5.41) is 14.4. The third-order valence-corrected chi connectivity index (χ3v) is 8.37. The van der Waals surface area contributed by atoms with Gasteiger partial charge in [0.05, 0.1) is 28.2 Å². The van der Waals surface area contributed by atoms with E-state index in [4.69, 9.17) is 5.73 Å². The van der Waals surface area contributed by atoms with Gasteiger partial charge in [-0.05, 0) is 93.3 Å². The first-order chi connectivity index (χ1) is 24.5. The van der Waals surface area contributed by atoms with E-state index in [0.29, 0.717) is 33.3 Å². The number of benzene rings is 2. The highest BCUT2D eigenvalue weighted by atomic mass is 19.4. The van der Waals surface area contributed by atoms with Crippen molar-refractivity contribution in [3.05, 3.63) is 120 Å². The number of alkyl halides is 3. The number of nitrogens with zero attached hydrogens (tertiary/aromatic N) is 4. The molecule has 0 aliphatic heterocycles. The number of nitrogens with two attached hydrogens (primary N) is 1. The topological polar surface area (TPSA) is 144 Å². The molecule has 0 radical (unpaired) electrons. The van der Waals surface area contributed by atoms with Crippen molar-refractivity contribution in [3.63, 3.8) is 0 Å². The van der Waals surface area contributed by atoms with Gasteiger partial charge in [0.1, 0.15) is 11.4 Å². The van der Waals surface area contributed by atoms with E-state index < -0.39 is 29.3 Å². The maximum absolute atomic E-state index is 12.8. The smallest absolute Gasteiger partial charge is 0.388 e. The highest BCUT2D eigenvalue weighted by molar-refractivity contribution is 5.99. The van der Waals surface area contributed by atoms with Crippen molar-refractivity contribution in [2.45, 2.75) is 66.3 Å². The second kappa shape index (κ2) is 16.1. The standard InChI is InChI=1S/C21H23N3O2.C17H12F3N3O.C2H6/c1-13-7-5-6-8-16(13)17-12-22-11-15-9-10-18(24-19(15)17)20(25)23-14(2)21(3,4)26;1-9-6-11(17(18,19)20)3-4-12(9)13-8-22-7-10-2-5-14(16(21)24)23-15(10)13;1-2/h5-12,14,26H,1-4H3,(H,23,25);2-8H,1H3,(H2,21,24);1-2H3. The molecule has 6 aromatic rings. The Hall–Kier alpha value is -5.75. The lowest BCUT2D eigenvalue weighted by molar-refractivity contribution is -0.137. The molecule has 1 unspecified atom stereocenters. The van der Waals surface area contributed by atoms with Crippen LogP contribution in [-0.2, 0) is 6.18 Å². The summed E-state index contributed by atoms with van der Waals surface area (Å²) in [4.78, 5) is 41.1. The lowest BCUT2D eigenvalue weighted by atomic mass is 9.97. The van der Waals surface area contributed by atoms with Gasteiger partial charge >= 0.3 is 6.18 Å². The van der Waals surface area contributed by atoms with Crippen molar-refractivity contribution in [2.75, 3.05) is 0 Å². The molecule has 0 aliphatic carbocycles. The summed E-state index contributed by atoms with van der Waals surface area (Å²) in [6, 6.07) is 17.8. The summed E-state index contributed by atoms with van der Waals surface area (Å²) >= 11 is 0. The molecule has 6 rings (SSSR count). The Morgan fingerprint density at radius 1 is 0.731 bits per heavy atom. The van der Waals surface area contributed by atoms with Crippen LogP contribution in [-0.4, -0.2) is 48.5 Å². The number of fused-ring (bicyclic) bond motifs is 2. The van der Waals surface area contributed by atoms with Crippen molar-refractivity contribution in [3.8, 4) is 22.3 Å². The first kappa shape index (κ1) is 39.0. The van der Waals surface area contributed by atoms with Gasteiger partial charge < -0.3 is 16.2 Å². The molecular formula is C40H41F3N6O3. The quantitative estimate of drug-likeness (QED) is 0.158. The molecule has 1 atom stereocenters. The predicted molar refractivity (Wildman–Crippen MR) is 198 cm³/mol. The van der Waals surface area contributed by atoms with Crippen LogP contribution in [0.1, 0.15) is 72.3 Å². The summed E-state index contributed by atoms with van der Waals surface area (Å²) in [5.41, 5.74) is 9.71. The van der Waals surface area contributed by atoms with E-state index in [1.807, 2.05) is 51.1 Å². The van der Waals surface area contributed by atoms with Crippen LogP contribution in [0, 0.1) is 13.8 Å². The van der Waals surface area contributed by atoms with Crippen LogP contribution in [0.4, 0.5) is 13.2 Å². The fourth-order valence-electron chi connectivity index (χ4n) is 5.21. The molecule has 0 spiro atoms. The Bertz CT molecular complexity index is 2230. The molecule has 0 saturated heterocycles. The van der Waals surface area contributed by atoms with E-state index in [2.05, 4.69) is 25.3 Å². The van der Waals surface area contributed by atoms with E-state index >= 15 is 0 Å². The Balaban J connectivity index is 0.000000223.